The van der Waals surface area contributed by atoms with Crippen LogP contribution in [0.1, 0.15) is 26.3 Å². The standard InChI is InChI=1S/C13H17F5N.BrH/c1-4-19(5-2,6-3)7-8-9(14)11(16)13(18)12(17)10(8)15;/h4-7H2,1-3H3;1H/q+1;/p-1. The van der Waals surface area contributed by atoms with Crippen LogP contribution in [-0.2, 0) is 6.54 Å². The van der Waals surface area contributed by atoms with Crippen LogP contribution in [0.15, 0.2) is 0 Å². The minimum atomic E-state index is -2.11. The summed E-state index contributed by atoms with van der Waals surface area (Å²) in [7, 11) is 0. The number of hydrogen-bond donors (Lipinski definition) is 0. The van der Waals surface area contributed by atoms with Gasteiger partial charge in [-0.3, -0.25) is 0 Å². The first kappa shape index (κ1) is 19.3. The van der Waals surface area contributed by atoms with Gasteiger partial charge in [0.1, 0.15) is 6.54 Å². The zero-order chi connectivity index (χ0) is 14.8. The van der Waals surface area contributed by atoms with Gasteiger partial charge in [0.2, 0.25) is 5.82 Å². The van der Waals surface area contributed by atoms with E-state index in [4.69, 9.17) is 0 Å². The van der Waals surface area contributed by atoms with E-state index in [0.717, 1.165) is 0 Å². The summed E-state index contributed by atoms with van der Waals surface area (Å²) in [5.74, 6) is -9.32. The minimum Gasteiger partial charge on any atom is -1.00 e. The van der Waals surface area contributed by atoms with Crippen molar-refractivity contribution in [2.75, 3.05) is 19.6 Å². The smallest absolute Gasteiger partial charge is 0.200 e. The van der Waals surface area contributed by atoms with Gasteiger partial charge in [-0.2, -0.15) is 0 Å². The number of benzene rings is 1. The first-order valence-electron chi connectivity index (χ1n) is 6.18. The predicted octanol–water partition coefficient (Wildman–Crippen LogP) is 0.763. The first-order chi connectivity index (χ1) is 8.83. The van der Waals surface area contributed by atoms with E-state index in [0.29, 0.717) is 19.6 Å². The van der Waals surface area contributed by atoms with Crippen molar-refractivity contribution in [3.8, 4) is 0 Å². The molecule has 116 valence electrons. The summed E-state index contributed by atoms with van der Waals surface area (Å²) >= 11 is 0. The summed E-state index contributed by atoms with van der Waals surface area (Å²) < 4.78 is 66.7. The fraction of sp³-hybridized carbons (Fsp3) is 0.538. The van der Waals surface area contributed by atoms with Crippen molar-refractivity contribution in [1.29, 1.82) is 0 Å². The summed E-state index contributed by atoms with van der Waals surface area (Å²) in [6.07, 6.45) is 0. The molecule has 0 spiro atoms. The van der Waals surface area contributed by atoms with Gasteiger partial charge in [-0.1, -0.05) is 0 Å². The van der Waals surface area contributed by atoms with Crippen LogP contribution < -0.4 is 17.0 Å². The summed E-state index contributed by atoms with van der Waals surface area (Å²) in [4.78, 5) is 0. The van der Waals surface area contributed by atoms with E-state index in [9.17, 15) is 22.0 Å². The SMILES string of the molecule is CC[N+](CC)(CC)Cc1c(F)c(F)c(F)c(F)c1F.[Br-]. The Morgan fingerprint density at radius 3 is 1.25 bits per heavy atom. The molecule has 0 aromatic heterocycles. The van der Waals surface area contributed by atoms with Crippen LogP contribution in [0, 0.1) is 29.1 Å². The molecule has 0 heterocycles. The molecule has 1 aromatic carbocycles. The molecular formula is C13H17BrF5N. The number of hydrogen-bond acceptors (Lipinski definition) is 0. The fourth-order valence-corrected chi connectivity index (χ4v) is 2.13. The van der Waals surface area contributed by atoms with Crippen LogP contribution in [-0.4, -0.2) is 24.1 Å². The highest BCUT2D eigenvalue weighted by atomic mass is 79.9. The van der Waals surface area contributed by atoms with Crippen LogP contribution in [0.5, 0.6) is 0 Å². The third-order valence-corrected chi connectivity index (χ3v) is 3.81. The molecule has 0 saturated carbocycles. The van der Waals surface area contributed by atoms with Crippen molar-refractivity contribution in [1.82, 2.24) is 0 Å². The Bertz CT molecular complexity index is 437. The lowest BCUT2D eigenvalue weighted by molar-refractivity contribution is -0.936. The van der Waals surface area contributed by atoms with Gasteiger partial charge in [0.05, 0.1) is 25.2 Å². The van der Waals surface area contributed by atoms with E-state index >= 15 is 0 Å². The zero-order valence-electron chi connectivity index (χ0n) is 11.5. The molecule has 0 unspecified atom stereocenters. The van der Waals surface area contributed by atoms with Gasteiger partial charge in [-0.25, -0.2) is 22.0 Å². The Labute approximate surface area is 125 Å². The summed E-state index contributed by atoms with van der Waals surface area (Å²) in [5.41, 5.74) is -0.734. The van der Waals surface area contributed by atoms with E-state index in [2.05, 4.69) is 0 Å². The highest BCUT2D eigenvalue weighted by Gasteiger charge is 2.31. The Kier molecular flexibility index (Phi) is 7.10. The van der Waals surface area contributed by atoms with Gasteiger partial charge in [0.15, 0.2) is 23.3 Å². The second kappa shape index (κ2) is 7.36. The topological polar surface area (TPSA) is 0 Å². The minimum absolute atomic E-state index is 0. The summed E-state index contributed by atoms with van der Waals surface area (Å²) in [6, 6.07) is 0. The van der Waals surface area contributed by atoms with Gasteiger partial charge in [0, 0.05) is 0 Å². The number of nitrogens with zero attached hydrogens (tertiary/aromatic N) is 1. The van der Waals surface area contributed by atoms with Crippen LogP contribution in [0.2, 0.25) is 0 Å². The monoisotopic (exact) mass is 361 g/mol. The third-order valence-electron chi connectivity index (χ3n) is 3.81. The Hall–Kier alpha value is -0.690. The summed E-state index contributed by atoms with van der Waals surface area (Å²) in [6.45, 7) is 6.89. The molecule has 0 aliphatic carbocycles. The van der Waals surface area contributed by atoms with Crippen LogP contribution in [0.3, 0.4) is 0 Å². The van der Waals surface area contributed by atoms with Crippen LogP contribution in [0.4, 0.5) is 22.0 Å². The van der Waals surface area contributed by atoms with Crippen molar-refractivity contribution in [2.24, 2.45) is 0 Å². The first-order valence-corrected chi connectivity index (χ1v) is 6.18. The normalized spacial score (nSPS) is 11.4. The molecule has 1 nitrogen and oxygen atoms in total. The molecule has 0 atom stereocenters. The average Bonchev–Trinajstić information content (AvgIpc) is 2.44. The zero-order valence-corrected chi connectivity index (χ0v) is 13.1. The number of halogens is 6. The molecule has 20 heavy (non-hydrogen) atoms. The lowest BCUT2D eigenvalue weighted by atomic mass is 10.1. The number of quaternary nitrogens is 1. The lowest BCUT2D eigenvalue weighted by Crippen LogP contribution is -3.00. The van der Waals surface area contributed by atoms with Crippen molar-refractivity contribution in [3.63, 3.8) is 0 Å². The largest absolute Gasteiger partial charge is 1.00 e. The molecule has 1 aromatic rings. The van der Waals surface area contributed by atoms with Gasteiger partial charge in [-0.15, -0.1) is 0 Å². The lowest BCUT2D eigenvalue weighted by Gasteiger charge is -2.36. The summed E-state index contributed by atoms with van der Waals surface area (Å²) in [5, 5.41) is 0. The highest BCUT2D eigenvalue weighted by Crippen LogP contribution is 2.26. The molecule has 0 aliphatic rings. The second-order valence-electron chi connectivity index (χ2n) is 4.50. The van der Waals surface area contributed by atoms with Crippen molar-refractivity contribution in [2.45, 2.75) is 27.3 Å². The fourth-order valence-electron chi connectivity index (χ4n) is 2.13. The molecule has 0 N–H and O–H groups in total. The highest BCUT2D eigenvalue weighted by molar-refractivity contribution is 5.23. The predicted molar refractivity (Wildman–Crippen MR) is 61.8 cm³/mol. The third kappa shape index (κ3) is 3.31. The molecule has 0 fully saturated rings. The van der Waals surface area contributed by atoms with Crippen LogP contribution >= 0.6 is 0 Å². The van der Waals surface area contributed by atoms with Gasteiger partial charge in [-0.05, 0) is 20.8 Å². The molecule has 0 amide bonds. The molecule has 1 rings (SSSR count). The molecule has 0 saturated heterocycles. The maximum absolute atomic E-state index is 13.6. The van der Waals surface area contributed by atoms with Crippen molar-refractivity contribution in [3.05, 3.63) is 34.6 Å². The molecular weight excluding hydrogens is 345 g/mol. The van der Waals surface area contributed by atoms with E-state index in [1.165, 1.54) is 0 Å². The Morgan fingerprint density at radius 2 is 0.950 bits per heavy atom. The maximum Gasteiger partial charge on any atom is 0.200 e. The van der Waals surface area contributed by atoms with Gasteiger partial charge in [0.25, 0.3) is 0 Å². The van der Waals surface area contributed by atoms with E-state index in [-0.39, 0.29) is 28.0 Å². The van der Waals surface area contributed by atoms with E-state index in [1.807, 2.05) is 20.8 Å². The van der Waals surface area contributed by atoms with Crippen LogP contribution in [0.25, 0.3) is 0 Å². The molecule has 0 aliphatic heterocycles. The molecule has 0 radical (unpaired) electrons. The van der Waals surface area contributed by atoms with Crippen molar-refractivity contribution >= 4 is 0 Å². The van der Waals surface area contributed by atoms with E-state index < -0.39 is 34.6 Å². The molecule has 0 bridgehead atoms. The van der Waals surface area contributed by atoms with Gasteiger partial charge >= 0.3 is 0 Å². The van der Waals surface area contributed by atoms with E-state index in [1.54, 1.807) is 0 Å². The Morgan fingerprint density at radius 1 is 0.650 bits per heavy atom. The average molecular weight is 362 g/mol. The second-order valence-corrected chi connectivity index (χ2v) is 4.50. The maximum atomic E-state index is 13.6. The number of rotatable bonds is 5. The van der Waals surface area contributed by atoms with Gasteiger partial charge < -0.3 is 21.5 Å². The quantitative estimate of drug-likeness (QED) is 0.314. The molecule has 7 heteroatoms. The Balaban J connectivity index is 0.00000361. The van der Waals surface area contributed by atoms with Crippen molar-refractivity contribution < 1.29 is 43.4 Å².